The zero-order chi connectivity index (χ0) is 8.55. The Morgan fingerprint density at radius 1 is 1.42 bits per heavy atom. The van der Waals surface area contributed by atoms with E-state index in [1.807, 2.05) is 18.2 Å². The van der Waals surface area contributed by atoms with E-state index in [0.29, 0.717) is 12.4 Å². The summed E-state index contributed by atoms with van der Waals surface area (Å²) in [5, 5.41) is 9.46. The number of fused-ring (bicyclic) bond motifs is 1. The second-order valence-corrected chi connectivity index (χ2v) is 3.79. The van der Waals surface area contributed by atoms with Gasteiger partial charge in [0.15, 0.2) is 0 Å². The molecule has 1 aromatic rings. The maximum Gasteiger partial charge on any atom is 0.130 e. The largest absolute Gasteiger partial charge is 0.507 e. The van der Waals surface area contributed by atoms with Crippen molar-refractivity contribution in [1.82, 2.24) is 0 Å². The molecule has 2 nitrogen and oxygen atoms in total. The first-order chi connectivity index (χ1) is 5.77. The SMILES string of the molecule is OC1=CCOc2ccc(I)cc21. The summed E-state index contributed by atoms with van der Waals surface area (Å²) in [6.07, 6.45) is 1.67. The van der Waals surface area contributed by atoms with Gasteiger partial charge in [0, 0.05) is 3.57 Å². The lowest BCUT2D eigenvalue weighted by Gasteiger charge is -2.14. The van der Waals surface area contributed by atoms with Crippen LogP contribution in [0, 0.1) is 3.57 Å². The van der Waals surface area contributed by atoms with Crippen LogP contribution in [0.25, 0.3) is 5.76 Å². The molecule has 3 heteroatoms. The number of aliphatic hydroxyl groups is 1. The number of rotatable bonds is 0. The number of benzene rings is 1. The number of aliphatic hydroxyl groups excluding tert-OH is 1. The first-order valence-corrected chi connectivity index (χ1v) is 4.67. The summed E-state index contributed by atoms with van der Waals surface area (Å²) in [6.45, 7) is 0.458. The summed E-state index contributed by atoms with van der Waals surface area (Å²) < 4.78 is 6.40. The van der Waals surface area contributed by atoms with E-state index in [9.17, 15) is 5.11 Å². The van der Waals surface area contributed by atoms with Gasteiger partial charge in [-0.25, -0.2) is 0 Å². The van der Waals surface area contributed by atoms with Crippen molar-refractivity contribution in [2.45, 2.75) is 0 Å². The van der Waals surface area contributed by atoms with Crippen LogP contribution < -0.4 is 4.74 Å². The van der Waals surface area contributed by atoms with Crippen molar-refractivity contribution in [2.75, 3.05) is 6.61 Å². The molecule has 62 valence electrons. The van der Waals surface area contributed by atoms with Gasteiger partial charge in [-0.2, -0.15) is 0 Å². The number of hydrogen-bond acceptors (Lipinski definition) is 2. The molecule has 0 saturated carbocycles. The number of hydrogen-bond donors (Lipinski definition) is 1. The molecule has 12 heavy (non-hydrogen) atoms. The highest BCUT2D eigenvalue weighted by Gasteiger charge is 2.12. The van der Waals surface area contributed by atoms with Crippen LogP contribution in [0.3, 0.4) is 0 Å². The molecule has 0 saturated heterocycles. The number of ether oxygens (including phenoxy) is 1. The molecular formula is C9H7IO2. The van der Waals surface area contributed by atoms with Crippen molar-refractivity contribution in [2.24, 2.45) is 0 Å². The Morgan fingerprint density at radius 2 is 2.25 bits per heavy atom. The average Bonchev–Trinajstić information content (AvgIpc) is 2.07. The average molecular weight is 274 g/mol. The maximum absolute atomic E-state index is 9.46. The molecule has 2 rings (SSSR count). The van der Waals surface area contributed by atoms with Crippen molar-refractivity contribution in [3.05, 3.63) is 33.4 Å². The summed E-state index contributed by atoms with van der Waals surface area (Å²) in [5.74, 6) is 1.07. The quantitative estimate of drug-likeness (QED) is 0.737. The Labute approximate surface area is 84.0 Å². The molecule has 0 unspecified atom stereocenters. The molecule has 1 aliphatic rings. The molecule has 0 radical (unpaired) electrons. The smallest absolute Gasteiger partial charge is 0.130 e. The van der Waals surface area contributed by atoms with Crippen LogP contribution in [0.5, 0.6) is 5.75 Å². The molecule has 1 N–H and O–H groups in total. The zero-order valence-corrected chi connectivity index (χ0v) is 8.41. The highest BCUT2D eigenvalue weighted by Crippen LogP contribution is 2.29. The Bertz CT molecular complexity index is 344. The van der Waals surface area contributed by atoms with E-state index < -0.39 is 0 Å². The normalized spacial score (nSPS) is 14.6. The minimum atomic E-state index is 0.315. The van der Waals surface area contributed by atoms with Gasteiger partial charge in [-0.1, -0.05) is 0 Å². The van der Waals surface area contributed by atoms with Crippen molar-refractivity contribution >= 4 is 28.4 Å². The first kappa shape index (κ1) is 7.91. The fraction of sp³-hybridized carbons (Fsp3) is 0.111. The summed E-state index contributed by atoms with van der Waals surface area (Å²) >= 11 is 2.20. The van der Waals surface area contributed by atoms with Gasteiger partial charge in [0.1, 0.15) is 18.1 Å². The summed E-state index contributed by atoms with van der Waals surface area (Å²) in [5.41, 5.74) is 0.785. The van der Waals surface area contributed by atoms with E-state index in [0.717, 1.165) is 14.9 Å². The topological polar surface area (TPSA) is 29.5 Å². The maximum atomic E-state index is 9.46. The van der Waals surface area contributed by atoms with Crippen LogP contribution >= 0.6 is 22.6 Å². The second kappa shape index (κ2) is 2.97. The Morgan fingerprint density at radius 3 is 3.08 bits per heavy atom. The van der Waals surface area contributed by atoms with E-state index in [-0.39, 0.29) is 0 Å². The minimum Gasteiger partial charge on any atom is -0.507 e. The molecule has 0 fully saturated rings. The van der Waals surface area contributed by atoms with Crippen LogP contribution in [0.2, 0.25) is 0 Å². The lowest BCUT2D eigenvalue weighted by atomic mass is 10.1. The number of halogens is 1. The van der Waals surface area contributed by atoms with E-state index in [1.165, 1.54) is 0 Å². The van der Waals surface area contributed by atoms with Gasteiger partial charge in [-0.3, -0.25) is 0 Å². The summed E-state index contributed by atoms with van der Waals surface area (Å²) in [6, 6.07) is 5.74. The zero-order valence-electron chi connectivity index (χ0n) is 6.25. The van der Waals surface area contributed by atoms with Crippen LogP contribution in [0.4, 0.5) is 0 Å². The van der Waals surface area contributed by atoms with Gasteiger partial charge in [0.05, 0.1) is 5.56 Å². The molecule has 0 spiro atoms. The predicted molar refractivity (Wildman–Crippen MR) is 55.3 cm³/mol. The highest BCUT2D eigenvalue weighted by atomic mass is 127. The fourth-order valence-corrected chi connectivity index (χ4v) is 1.64. The standard InChI is InChI=1S/C9H7IO2/c10-6-1-2-9-7(5-6)8(11)3-4-12-9/h1-3,5,11H,4H2. The van der Waals surface area contributed by atoms with Gasteiger partial charge < -0.3 is 9.84 Å². The van der Waals surface area contributed by atoms with E-state index in [1.54, 1.807) is 6.08 Å². The molecule has 0 amide bonds. The molecule has 1 heterocycles. The molecule has 0 aromatic heterocycles. The predicted octanol–water partition coefficient (Wildman–Crippen LogP) is 2.58. The van der Waals surface area contributed by atoms with Gasteiger partial charge in [-0.15, -0.1) is 0 Å². The Balaban J connectivity index is 2.58. The molecule has 1 aromatic carbocycles. The monoisotopic (exact) mass is 274 g/mol. The van der Waals surface area contributed by atoms with Gasteiger partial charge >= 0.3 is 0 Å². The van der Waals surface area contributed by atoms with Crippen molar-refractivity contribution < 1.29 is 9.84 Å². The van der Waals surface area contributed by atoms with Gasteiger partial charge in [0.25, 0.3) is 0 Å². The molecule has 1 aliphatic heterocycles. The van der Waals surface area contributed by atoms with Crippen LogP contribution in [-0.4, -0.2) is 11.7 Å². The van der Waals surface area contributed by atoms with Crippen LogP contribution in [-0.2, 0) is 0 Å². The third-order valence-electron chi connectivity index (χ3n) is 1.73. The molecular weight excluding hydrogens is 267 g/mol. The summed E-state index contributed by atoms with van der Waals surface area (Å²) in [7, 11) is 0. The van der Waals surface area contributed by atoms with Crippen molar-refractivity contribution in [1.29, 1.82) is 0 Å². The van der Waals surface area contributed by atoms with E-state index in [2.05, 4.69) is 22.6 Å². The minimum absolute atomic E-state index is 0.315. The molecule has 0 atom stereocenters. The second-order valence-electron chi connectivity index (χ2n) is 2.54. The highest BCUT2D eigenvalue weighted by molar-refractivity contribution is 14.1. The first-order valence-electron chi connectivity index (χ1n) is 3.59. The van der Waals surface area contributed by atoms with Crippen molar-refractivity contribution in [3.8, 4) is 5.75 Å². The molecule has 0 bridgehead atoms. The Kier molecular flexibility index (Phi) is 1.96. The lowest BCUT2D eigenvalue weighted by molar-refractivity contribution is 0.345. The Hall–Kier alpha value is -0.710. The van der Waals surface area contributed by atoms with Crippen LogP contribution in [0.15, 0.2) is 24.3 Å². The summed E-state index contributed by atoms with van der Waals surface area (Å²) in [4.78, 5) is 0. The fourth-order valence-electron chi connectivity index (χ4n) is 1.15. The lowest BCUT2D eigenvalue weighted by Crippen LogP contribution is -2.04. The van der Waals surface area contributed by atoms with E-state index >= 15 is 0 Å². The van der Waals surface area contributed by atoms with Crippen LogP contribution in [0.1, 0.15) is 5.56 Å². The van der Waals surface area contributed by atoms with Gasteiger partial charge in [-0.05, 0) is 46.9 Å². The third-order valence-corrected chi connectivity index (χ3v) is 2.40. The molecule has 0 aliphatic carbocycles. The van der Waals surface area contributed by atoms with E-state index in [4.69, 9.17) is 4.74 Å². The third kappa shape index (κ3) is 1.29. The van der Waals surface area contributed by atoms with Crippen molar-refractivity contribution in [3.63, 3.8) is 0 Å². The van der Waals surface area contributed by atoms with Gasteiger partial charge in [0.2, 0.25) is 0 Å².